The summed E-state index contributed by atoms with van der Waals surface area (Å²) in [6.07, 6.45) is 2.49. The van der Waals surface area contributed by atoms with Crippen LogP contribution in [0.3, 0.4) is 0 Å². The number of hydrogen-bond acceptors (Lipinski definition) is 7. The molecule has 1 amide bonds. The number of benzene rings is 1. The van der Waals surface area contributed by atoms with Crippen LogP contribution in [0.1, 0.15) is 72.8 Å². The predicted octanol–water partition coefficient (Wildman–Crippen LogP) is 5.43. The highest BCUT2D eigenvalue weighted by molar-refractivity contribution is 7.89. The fourth-order valence-corrected chi connectivity index (χ4v) is 7.77. The molecule has 2 heterocycles. The van der Waals surface area contributed by atoms with Crippen molar-refractivity contribution >= 4 is 25.2 Å². The van der Waals surface area contributed by atoms with Gasteiger partial charge in [-0.25, -0.2) is 17.9 Å². The number of hydrogen-bond donors (Lipinski definition) is 1. The summed E-state index contributed by atoms with van der Waals surface area (Å²) in [6.45, 7) is 19.3. The standard InChI is InChI=1S/C30H52N2O7SSi/c1-22-13-15-25(16-14-22)40(34,35)31-19-24(21-37-26-12-10-11-17-36-26)30(39-41(8)9)18-23(28(2,3)4)20-32(30)27(33)38-29(5,6)7/h13-16,23-24,26,31,41H,10-12,17-21H2,1-9H3/t23-,24?,26?,30-/m0/s1. The van der Waals surface area contributed by atoms with E-state index in [9.17, 15) is 13.2 Å². The van der Waals surface area contributed by atoms with Crippen LogP contribution in [0.15, 0.2) is 29.2 Å². The van der Waals surface area contributed by atoms with Crippen molar-refractivity contribution in [2.75, 3.05) is 26.3 Å². The Labute approximate surface area is 249 Å². The van der Waals surface area contributed by atoms with Crippen LogP contribution < -0.4 is 4.72 Å². The van der Waals surface area contributed by atoms with Crippen molar-refractivity contribution in [1.82, 2.24) is 9.62 Å². The summed E-state index contributed by atoms with van der Waals surface area (Å²) in [5.74, 6) is -0.409. The fraction of sp³-hybridized carbons (Fsp3) is 0.767. The van der Waals surface area contributed by atoms with E-state index in [1.165, 1.54) is 0 Å². The van der Waals surface area contributed by atoms with Gasteiger partial charge in [-0.3, -0.25) is 4.90 Å². The molecular formula is C30H52N2O7SSi. The molecule has 0 aromatic heterocycles. The van der Waals surface area contributed by atoms with Gasteiger partial charge in [0.05, 0.1) is 11.5 Å². The zero-order chi connectivity index (χ0) is 30.6. The van der Waals surface area contributed by atoms with Gasteiger partial charge < -0.3 is 18.6 Å². The van der Waals surface area contributed by atoms with E-state index in [1.807, 2.05) is 27.7 Å². The van der Waals surface area contributed by atoms with Gasteiger partial charge in [0, 0.05) is 25.6 Å². The highest BCUT2D eigenvalue weighted by Crippen LogP contribution is 2.47. The first-order valence-electron chi connectivity index (χ1n) is 14.9. The van der Waals surface area contributed by atoms with Crippen LogP contribution in [0.2, 0.25) is 13.1 Å². The molecular weight excluding hydrogens is 560 g/mol. The van der Waals surface area contributed by atoms with E-state index < -0.39 is 42.4 Å². The molecule has 2 fully saturated rings. The number of likely N-dealkylation sites (tertiary alicyclic amines) is 1. The molecule has 2 aliphatic heterocycles. The van der Waals surface area contributed by atoms with Crippen LogP contribution in [0.25, 0.3) is 0 Å². The molecule has 2 saturated heterocycles. The number of carbonyl (C=O) groups is 1. The van der Waals surface area contributed by atoms with Gasteiger partial charge in [0.25, 0.3) is 0 Å². The lowest BCUT2D eigenvalue weighted by molar-refractivity contribution is -0.191. The normalized spacial score (nSPS) is 25.0. The lowest BCUT2D eigenvalue weighted by Gasteiger charge is -2.46. The van der Waals surface area contributed by atoms with Gasteiger partial charge in [-0.1, -0.05) is 38.5 Å². The zero-order valence-corrected chi connectivity index (χ0v) is 28.5. The second-order valence-corrected chi connectivity index (χ2v) is 18.0. The minimum Gasteiger partial charge on any atom is -0.444 e. The number of aryl methyl sites for hydroxylation is 1. The summed E-state index contributed by atoms with van der Waals surface area (Å²) >= 11 is 0. The van der Waals surface area contributed by atoms with Crippen molar-refractivity contribution in [2.24, 2.45) is 17.3 Å². The second-order valence-electron chi connectivity index (χ2n) is 13.9. The molecule has 0 bridgehead atoms. The number of nitrogens with zero attached hydrogens (tertiary/aromatic N) is 1. The van der Waals surface area contributed by atoms with Gasteiger partial charge in [0.1, 0.15) is 11.3 Å². The number of nitrogens with one attached hydrogen (secondary N) is 1. The quantitative estimate of drug-likeness (QED) is 0.352. The Kier molecular flexibility index (Phi) is 11.1. The first kappa shape index (κ1) is 34.0. The van der Waals surface area contributed by atoms with Crippen LogP contribution in [-0.4, -0.2) is 72.4 Å². The van der Waals surface area contributed by atoms with Crippen LogP contribution in [0.4, 0.5) is 4.79 Å². The van der Waals surface area contributed by atoms with E-state index in [1.54, 1.807) is 29.2 Å². The first-order valence-corrected chi connectivity index (χ1v) is 19.2. The van der Waals surface area contributed by atoms with Crippen molar-refractivity contribution in [1.29, 1.82) is 0 Å². The molecule has 1 N–H and O–H groups in total. The lowest BCUT2D eigenvalue weighted by atomic mass is 9.77. The molecule has 0 spiro atoms. The molecule has 0 aliphatic carbocycles. The number of rotatable bonds is 10. The van der Waals surface area contributed by atoms with Gasteiger partial charge in [-0.15, -0.1) is 0 Å². The van der Waals surface area contributed by atoms with Gasteiger partial charge in [0.2, 0.25) is 10.0 Å². The highest BCUT2D eigenvalue weighted by Gasteiger charge is 2.57. The van der Waals surface area contributed by atoms with Gasteiger partial charge in [-0.05, 0) is 89.9 Å². The average Bonchev–Trinajstić information content (AvgIpc) is 3.24. The molecule has 1 aromatic carbocycles. The van der Waals surface area contributed by atoms with Crippen LogP contribution in [0, 0.1) is 24.2 Å². The van der Waals surface area contributed by atoms with E-state index in [0.29, 0.717) is 19.6 Å². The van der Waals surface area contributed by atoms with E-state index >= 15 is 0 Å². The van der Waals surface area contributed by atoms with E-state index in [0.717, 1.165) is 24.8 Å². The van der Waals surface area contributed by atoms with E-state index in [-0.39, 0.29) is 35.7 Å². The molecule has 2 unspecified atom stereocenters. The molecule has 11 heteroatoms. The molecule has 4 atom stereocenters. The van der Waals surface area contributed by atoms with Crippen LogP contribution >= 0.6 is 0 Å². The van der Waals surface area contributed by atoms with Crippen LogP contribution in [-0.2, 0) is 28.7 Å². The molecule has 0 radical (unpaired) electrons. The Morgan fingerprint density at radius 2 is 1.80 bits per heavy atom. The maximum Gasteiger partial charge on any atom is 0.412 e. The number of sulfonamides is 1. The smallest absolute Gasteiger partial charge is 0.412 e. The number of carbonyl (C=O) groups excluding carboxylic acids is 1. The van der Waals surface area contributed by atoms with Gasteiger partial charge >= 0.3 is 6.09 Å². The molecule has 3 rings (SSSR count). The molecule has 0 saturated carbocycles. The first-order chi connectivity index (χ1) is 18.9. The summed E-state index contributed by atoms with van der Waals surface area (Å²) < 4.78 is 54.6. The number of ether oxygens (including phenoxy) is 3. The predicted molar refractivity (Wildman–Crippen MR) is 163 cm³/mol. The van der Waals surface area contributed by atoms with Gasteiger partial charge in [0.15, 0.2) is 15.3 Å². The lowest BCUT2D eigenvalue weighted by Crippen LogP contribution is -2.60. The summed E-state index contributed by atoms with van der Waals surface area (Å²) in [4.78, 5) is 15.7. The summed E-state index contributed by atoms with van der Waals surface area (Å²) in [6, 6.07) is 6.76. The Balaban J connectivity index is 2.03. The minimum atomic E-state index is -3.82. The van der Waals surface area contributed by atoms with E-state index in [2.05, 4.69) is 38.6 Å². The summed E-state index contributed by atoms with van der Waals surface area (Å²) in [5, 5.41) is 0. The maximum absolute atomic E-state index is 13.8. The number of amides is 1. The monoisotopic (exact) mass is 612 g/mol. The highest BCUT2D eigenvalue weighted by atomic mass is 32.2. The topological polar surface area (TPSA) is 103 Å². The van der Waals surface area contributed by atoms with Crippen molar-refractivity contribution in [3.05, 3.63) is 29.8 Å². The van der Waals surface area contributed by atoms with Gasteiger partial charge in [-0.2, -0.15) is 0 Å². The third-order valence-electron chi connectivity index (χ3n) is 7.79. The largest absolute Gasteiger partial charge is 0.444 e. The zero-order valence-electron chi connectivity index (χ0n) is 26.5. The second kappa shape index (κ2) is 13.4. The van der Waals surface area contributed by atoms with Crippen LogP contribution in [0.5, 0.6) is 0 Å². The molecule has 41 heavy (non-hydrogen) atoms. The third-order valence-corrected chi connectivity index (χ3v) is 10.1. The summed E-state index contributed by atoms with van der Waals surface area (Å²) in [5.41, 5.74) is -0.953. The Morgan fingerprint density at radius 1 is 1.15 bits per heavy atom. The van der Waals surface area contributed by atoms with Crippen molar-refractivity contribution in [3.63, 3.8) is 0 Å². The third kappa shape index (κ3) is 9.24. The molecule has 9 nitrogen and oxygen atoms in total. The minimum absolute atomic E-state index is 0.0280. The maximum atomic E-state index is 13.8. The van der Waals surface area contributed by atoms with Crippen molar-refractivity contribution in [2.45, 2.75) is 110 Å². The molecule has 1 aromatic rings. The summed E-state index contributed by atoms with van der Waals surface area (Å²) in [7, 11) is -5.59. The SMILES string of the molecule is Cc1ccc(S(=O)(=O)NCC(COC2CCCCO2)[C@@]2(O[SiH](C)C)C[C@H](C(C)(C)C)CN2C(=O)OC(C)(C)C)cc1. The average molecular weight is 613 g/mol. The molecule has 2 aliphatic rings. The fourth-order valence-electron chi connectivity index (χ4n) is 5.46. The van der Waals surface area contributed by atoms with Crippen molar-refractivity contribution in [3.8, 4) is 0 Å². The molecule has 234 valence electrons. The Morgan fingerprint density at radius 3 is 2.34 bits per heavy atom. The van der Waals surface area contributed by atoms with E-state index in [4.69, 9.17) is 18.6 Å². The van der Waals surface area contributed by atoms with Crippen molar-refractivity contribution < 1.29 is 31.8 Å². The Bertz CT molecular complexity index is 1110. The Hall–Kier alpha value is -1.50.